The molecule has 0 radical (unpaired) electrons. The van der Waals surface area contributed by atoms with Crippen molar-refractivity contribution in [2.45, 2.75) is 78.6 Å². The van der Waals surface area contributed by atoms with Gasteiger partial charge in [0.25, 0.3) is 5.69 Å². The zero-order valence-corrected chi connectivity index (χ0v) is 51.8. The van der Waals surface area contributed by atoms with E-state index in [0.717, 1.165) is 61.5 Å². The quantitative estimate of drug-likeness (QED) is 0.0592. The number of pyridine rings is 1. The molecule has 2 aromatic heterocycles. The van der Waals surface area contributed by atoms with Gasteiger partial charge in [0.2, 0.25) is 5.69 Å². The Morgan fingerprint density at radius 2 is 1.04 bits per heavy atom. The van der Waals surface area contributed by atoms with Gasteiger partial charge in [0.15, 0.2) is 8.07 Å². The first-order valence-electron chi connectivity index (χ1n) is 28.5. The molecule has 0 aliphatic carbocycles. The second kappa shape index (κ2) is 21.4. The molecule has 0 fully saturated rings. The monoisotopic (exact) mass is 1270 g/mol. The van der Waals surface area contributed by atoms with E-state index in [1.165, 1.54) is 48.2 Å². The Balaban J connectivity index is 0.00000680. The third-order valence-corrected chi connectivity index (χ3v) is 21.2. The van der Waals surface area contributed by atoms with E-state index in [9.17, 15) is 0 Å². The zero-order valence-electron chi connectivity index (χ0n) is 48.5. The van der Waals surface area contributed by atoms with Gasteiger partial charge in [0, 0.05) is 41.4 Å². The Bertz CT molecular complexity index is 4390. The molecular formula is C76H66N4OPtSi+2. The summed E-state index contributed by atoms with van der Waals surface area (Å²) in [6.45, 7) is 20.5. The minimum atomic E-state index is -2.86. The van der Waals surface area contributed by atoms with Crippen molar-refractivity contribution in [2.24, 2.45) is 0 Å². The zero-order chi connectivity index (χ0) is 56.5. The molecule has 12 aromatic rings. The molecule has 83 heavy (non-hydrogen) atoms. The van der Waals surface area contributed by atoms with Crippen molar-refractivity contribution in [3.63, 3.8) is 0 Å². The van der Waals surface area contributed by atoms with Crippen molar-refractivity contribution in [1.82, 2.24) is 18.7 Å². The van der Waals surface area contributed by atoms with Crippen LogP contribution in [0.15, 0.2) is 237 Å². The van der Waals surface area contributed by atoms with Crippen LogP contribution in [-0.2, 0) is 37.3 Å². The van der Waals surface area contributed by atoms with Gasteiger partial charge in [-0.2, -0.15) is 12.1 Å². The van der Waals surface area contributed by atoms with Gasteiger partial charge in [-0.15, -0.1) is 23.6 Å². The molecule has 0 saturated carbocycles. The molecular weight excluding hydrogens is 1210 g/mol. The number of rotatable bonds is 10. The summed E-state index contributed by atoms with van der Waals surface area (Å²) in [5, 5.41) is 9.85. The SMILES string of the molecule is CC(C)(C)c1cc([N+]2=C=[N+](c3[c-]c(Oc4[c-]c5c(cc4)c4cc([Si](c6ccccc6)(c6ccccc6)c6ccccc6)ccc4n5-c4cc(C(C)(C)C)ccn4)ccc3)c3cccc(-c4cccc5ccccc45)c32)cc(C(C)(C)C)c1.[Pt+2]. The molecule has 5 nitrogen and oxygen atoms in total. The van der Waals surface area contributed by atoms with E-state index in [1.807, 2.05) is 24.4 Å². The van der Waals surface area contributed by atoms with Crippen LogP contribution in [0.5, 0.6) is 11.5 Å². The first kappa shape index (κ1) is 55.1. The summed E-state index contributed by atoms with van der Waals surface area (Å²) >= 11 is 0. The Hall–Kier alpha value is -8.50. The number of para-hydroxylation sites is 1. The minimum Gasteiger partial charge on any atom is -0.509 e. The van der Waals surface area contributed by atoms with Crippen LogP contribution in [0.2, 0.25) is 0 Å². The van der Waals surface area contributed by atoms with Crippen LogP contribution in [0.3, 0.4) is 0 Å². The third-order valence-electron chi connectivity index (χ3n) is 16.4. The van der Waals surface area contributed by atoms with E-state index in [4.69, 9.17) is 9.72 Å². The first-order chi connectivity index (χ1) is 39.5. The summed E-state index contributed by atoms with van der Waals surface area (Å²) in [5.74, 6) is 1.96. The molecule has 408 valence electrons. The second-order valence-corrected chi connectivity index (χ2v) is 28.7. The number of ether oxygens (including phenoxy) is 1. The molecule has 1 aliphatic heterocycles. The van der Waals surface area contributed by atoms with Gasteiger partial charge < -0.3 is 9.30 Å². The number of benzene rings is 10. The van der Waals surface area contributed by atoms with Gasteiger partial charge in [0.05, 0.1) is 5.56 Å². The van der Waals surface area contributed by atoms with Crippen molar-refractivity contribution in [2.75, 3.05) is 0 Å². The third kappa shape index (κ3) is 9.93. The van der Waals surface area contributed by atoms with E-state index in [1.54, 1.807) is 0 Å². The van der Waals surface area contributed by atoms with E-state index in [2.05, 4.69) is 306 Å². The standard InChI is InChI=1S/C76H66N4OSi.Pt/c1-74(2,3)53-42-43-77-72(47-53)80-69-41-39-63(82(60-28-13-10-14-29-60,61-30-15-11-16-31-61)62-32-17-12-18-33-62)50-68(69)66-40-38-59(49-71(66)80)81-58-27-22-26-56(48-58)78-51-79(57-45-54(75(4,5)6)44-55(46-57)76(7,8)9)73-67(36-23-37-70(73)78)65-35-21-25-52-24-19-20-34-64(52)65;/h10-47,50H,1-9H3;/q;+2. The molecule has 0 N–H and O–H groups in total. The number of fused-ring (bicyclic) bond motifs is 5. The number of nitrogens with zero attached hydrogens (tertiary/aromatic N) is 4. The van der Waals surface area contributed by atoms with Crippen LogP contribution in [0.25, 0.3) is 49.5 Å². The van der Waals surface area contributed by atoms with Crippen LogP contribution in [-0.4, -0.2) is 23.6 Å². The van der Waals surface area contributed by atoms with Crippen molar-refractivity contribution in [3.8, 4) is 28.4 Å². The molecule has 7 heteroatoms. The van der Waals surface area contributed by atoms with Gasteiger partial charge in [0.1, 0.15) is 11.5 Å². The van der Waals surface area contributed by atoms with Crippen LogP contribution >= 0.6 is 0 Å². The van der Waals surface area contributed by atoms with Crippen LogP contribution in [0.4, 0.5) is 22.7 Å². The molecule has 0 spiro atoms. The Labute approximate surface area is 503 Å². The molecule has 10 aromatic carbocycles. The summed E-state index contributed by atoms with van der Waals surface area (Å²) in [6, 6.07) is 95.4. The van der Waals surface area contributed by atoms with Crippen LogP contribution in [0, 0.1) is 12.1 Å². The molecule has 0 saturated heterocycles. The smallest absolute Gasteiger partial charge is 0.509 e. The summed E-state index contributed by atoms with van der Waals surface area (Å²) in [7, 11) is -2.86. The maximum atomic E-state index is 6.94. The van der Waals surface area contributed by atoms with Crippen molar-refractivity contribution in [3.05, 3.63) is 266 Å². The van der Waals surface area contributed by atoms with E-state index in [-0.39, 0.29) is 37.3 Å². The van der Waals surface area contributed by atoms with Crippen LogP contribution in [0.1, 0.15) is 79.0 Å². The predicted molar refractivity (Wildman–Crippen MR) is 346 cm³/mol. The normalized spacial score (nSPS) is 12.7. The van der Waals surface area contributed by atoms with Gasteiger partial charge in [-0.05, 0) is 104 Å². The maximum Gasteiger partial charge on any atom is 2.00 e. The first-order valence-corrected chi connectivity index (χ1v) is 30.5. The van der Waals surface area contributed by atoms with Gasteiger partial charge in [-0.3, -0.25) is 0 Å². The largest absolute Gasteiger partial charge is 2.00 e. The van der Waals surface area contributed by atoms with E-state index >= 15 is 0 Å². The van der Waals surface area contributed by atoms with Crippen molar-refractivity contribution in [1.29, 1.82) is 0 Å². The molecule has 1 aliphatic rings. The average molecular weight is 1270 g/mol. The van der Waals surface area contributed by atoms with Crippen molar-refractivity contribution < 1.29 is 25.8 Å². The molecule has 0 amide bonds. The molecule has 13 rings (SSSR count). The number of hydrogen-bond acceptors (Lipinski definition) is 2. The topological polar surface area (TPSA) is 33.1 Å². The predicted octanol–water partition coefficient (Wildman–Crippen LogP) is 16.5. The molecule has 0 bridgehead atoms. The van der Waals surface area contributed by atoms with Crippen LogP contribution < -0.4 is 34.6 Å². The van der Waals surface area contributed by atoms with Gasteiger partial charge >= 0.3 is 32.8 Å². The number of aromatic nitrogens is 2. The summed E-state index contributed by atoms with van der Waals surface area (Å²) < 4.78 is 13.6. The average Bonchev–Trinajstić information content (AvgIpc) is 3.99. The summed E-state index contributed by atoms with van der Waals surface area (Å²) in [5.41, 5.74) is 11.6. The van der Waals surface area contributed by atoms with Gasteiger partial charge in [-0.1, -0.05) is 242 Å². The fourth-order valence-electron chi connectivity index (χ4n) is 12.1. The Kier molecular flexibility index (Phi) is 14.2. The molecule has 0 unspecified atom stereocenters. The minimum absolute atomic E-state index is 0. The maximum absolute atomic E-state index is 6.94. The van der Waals surface area contributed by atoms with Crippen molar-refractivity contribution >= 4 is 90.2 Å². The molecule has 3 heterocycles. The summed E-state index contributed by atoms with van der Waals surface area (Å²) in [4.78, 5) is 5.09. The Morgan fingerprint density at radius 1 is 0.458 bits per heavy atom. The second-order valence-electron chi connectivity index (χ2n) is 24.9. The van der Waals surface area contributed by atoms with E-state index < -0.39 is 8.07 Å². The summed E-state index contributed by atoms with van der Waals surface area (Å²) in [6.07, 6.45) is 1.93. The fraction of sp³-hybridized carbons (Fsp3) is 0.158. The Morgan fingerprint density at radius 3 is 1.69 bits per heavy atom. The van der Waals surface area contributed by atoms with E-state index in [0.29, 0.717) is 11.5 Å². The fourth-order valence-corrected chi connectivity index (χ4v) is 16.8. The van der Waals surface area contributed by atoms with Gasteiger partial charge in [-0.25, -0.2) is 4.98 Å². The molecule has 0 atom stereocenters. The number of hydrogen-bond donors (Lipinski definition) is 0.